The predicted octanol–water partition coefficient (Wildman–Crippen LogP) is 8.65. The highest BCUT2D eigenvalue weighted by Gasteiger charge is 2.32. The first-order chi connectivity index (χ1) is 16.6. The second kappa shape index (κ2) is 8.15. The fourth-order valence-corrected chi connectivity index (χ4v) is 5.90. The van der Waals surface area contributed by atoms with Crippen molar-refractivity contribution in [2.24, 2.45) is 0 Å². The second-order valence-electron chi connectivity index (χ2n) is 8.22. The Hall–Kier alpha value is -3.34. The van der Waals surface area contributed by atoms with Gasteiger partial charge in [0, 0.05) is 15.6 Å². The van der Waals surface area contributed by atoms with Crippen LogP contribution in [0.25, 0.3) is 47.6 Å². The lowest BCUT2D eigenvalue weighted by Crippen LogP contribution is -2.20. The van der Waals surface area contributed by atoms with E-state index < -0.39 is 11.6 Å². The van der Waals surface area contributed by atoms with Gasteiger partial charge in [0.15, 0.2) is 0 Å². The summed E-state index contributed by atoms with van der Waals surface area (Å²) in [5.74, 6) is -1.07. The van der Waals surface area contributed by atoms with Gasteiger partial charge in [0.05, 0.1) is 4.48 Å². The van der Waals surface area contributed by atoms with Gasteiger partial charge in [0.25, 0.3) is 0 Å². The van der Waals surface area contributed by atoms with Gasteiger partial charge in [-0.3, -0.25) is 9.59 Å². The van der Waals surface area contributed by atoms with Crippen LogP contribution in [0.1, 0.15) is 15.9 Å². The fourth-order valence-electron chi connectivity index (χ4n) is 4.93. The van der Waals surface area contributed by atoms with Crippen LogP contribution in [-0.4, -0.2) is 11.6 Å². The number of carbonyl (C=O) groups excluding carboxylic acids is 2. The Balaban J connectivity index is 2.12. The maximum atomic E-state index is 13.6. The lowest BCUT2D eigenvalue weighted by Gasteiger charge is -2.18. The number of halogens is 2. The smallest absolute Gasteiger partial charge is 0.241 e. The number of benzene rings is 4. The summed E-state index contributed by atoms with van der Waals surface area (Å²) in [6, 6.07) is 32.5. The van der Waals surface area contributed by atoms with Gasteiger partial charge >= 0.3 is 0 Å². The maximum Gasteiger partial charge on any atom is 0.241 e. The largest absolute Gasteiger partial charge is 0.285 e. The number of ketones is 2. The maximum absolute atomic E-state index is 13.6. The SMILES string of the molecule is O=C1C(=O)c2c(c3ccccc3c3ccccc3c3ccccc3c3ccccc23)C(Br)=C1Br. The monoisotopic (exact) mass is 566 g/mol. The van der Waals surface area contributed by atoms with Crippen LogP contribution in [-0.2, 0) is 4.79 Å². The van der Waals surface area contributed by atoms with E-state index in [0.717, 1.165) is 43.1 Å². The molecule has 5 aromatic rings. The number of hydrogen-bond acceptors (Lipinski definition) is 2. The Morgan fingerprint density at radius 2 is 0.647 bits per heavy atom. The Morgan fingerprint density at radius 3 is 1.03 bits per heavy atom. The number of allylic oxidation sites excluding steroid dienone is 1. The van der Waals surface area contributed by atoms with Gasteiger partial charge in [-0.25, -0.2) is 0 Å². The summed E-state index contributed by atoms with van der Waals surface area (Å²) in [6.07, 6.45) is 0. The van der Waals surface area contributed by atoms with Crippen LogP contribution < -0.4 is 0 Å². The van der Waals surface area contributed by atoms with Crippen LogP contribution in [0.4, 0.5) is 0 Å². The summed E-state index contributed by atoms with van der Waals surface area (Å²) in [6.45, 7) is 0. The van der Waals surface area contributed by atoms with E-state index in [1.807, 2.05) is 60.7 Å². The summed E-state index contributed by atoms with van der Waals surface area (Å²) in [5, 5.41) is 7.83. The molecule has 1 aliphatic rings. The molecular formula is C30H16Br2O2. The molecule has 4 heteroatoms. The first-order valence-corrected chi connectivity index (χ1v) is 12.4. The van der Waals surface area contributed by atoms with Gasteiger partial charge in [-0.1, -0.05) is 97.1 Å². The first kappa shape index (κ1) is 21.2. The van der Waals surface area contributed by atoms with E-state index in [9.17, 15) is 9.59 Å². The van der Waals surface area contributed by atoms with Crippen LogP contribution in [0.15, 0.2) is 102 Å². The molecule has 0 radical (unpaired) electrons. The van der Waals surface area contributed by atoms with Crippen LogP contribution in [0.5, 0.6) is 0 Å². The molecule has 0 fully saturated rings. The van der Waals surface area contributed by atoms with Gasteiger partial charge in [-0.2, -0.15) is 0 Å². The van der Waals surface area contributed by atoms with Crippen molar-refractivity contribution in [3.8, 4) is 0 Å². The quantitative estimate of drug-likeness (QED) is 0.175. The average Bonchev–Trinajstić information content (AvgIpc) is 2.89. The predicted molar refractivity (Wildman–Crippen MR) is 148 cm³/mol. The molecule has 2 nitrogen and oxygen atoms in total. The molecule has 34 heavy (non-hydrogen) atoms. The zero-order valence-corrected chi connectivity index (χ0v) is 21.0. The zero-order valence-electron chi connectivity index (χ0n) is 17.8. The standard InChI is InChI=1S/C30H16Br2O2/c31-27-25-23-15-7-5-13-21(23)19-11-3-1-9-17(19)18-10-2-4-12-20(18)22-14-6-8-16-24(22)26(25)29(33)30(34)28(27)32/h1-16H. The summed E-state index contributed by atoms with van der Waals surface area (Å²) < 4.78 is 0.829. The number of hydrogen-bond donors (Lipinski definition) is 0. The van der Waals surface area contributed by atoms with Crippen molar-refractivity contribution in [1.82, 2.24) is 0 Å². The van der Waals surface area contributed by atoms with E-state index in [1.165, 1.54) is 0 Å². The minimum atomic E-state index is -0.552. The van der Waals surface area contributed by atoms with Crippen LogP contribution in [0, 0.1) is 0 Å². The van der Waals surface area contributed by atoms with Gasteiger partial charge in [0.1, 0.15) is 0 Å². The molecule has 0 saturated heterocycles. The van der Waals surface area contributed by atoms with Gasteiger partial charge in [-0.15, -0.1) is 0 Å². The van der Waals surface area contributed by atoms with E-state index in [2.05, 4.69) is 68.3 Å². The second-order valence-corrected chi connectivity index (χ2v) is 9.80. The molecule has 0 amide bonds. The molecule has 6 rings (SSSR count). The Labute approximate surface area is 212 Å². The summed E-state index contributed by atoms with van der Waals surface area (Å²) in [4.78, 5) is 26.6. The molecule has 0 bridgehead atoms. The lowest BCUT2D eigenvalue weighted by atomic mass is 9.87. The van der Waals surface area contributed by atoms with E-state index in [1.54, 1.807) is 0 Å². The number of rotatable bonds is 0. The molecule has 1 aliphatic carbocycles. The highest BCUT2D eigenvalue weighted by Crippen LogP contribution is 2.43. The van der Waals surface area contributed by atoms with Crippen molar-refractivity contribution in [2.45, 2.75) is 0 Å². The average molecular weight is 568 g/mol. The van der Waals surface area contributed by atoms with Crippen molar-refractivity contribution in [2.75, 3.05) is 0 Å². The van der Waals surface area contributed by atoms with E-state index in [-0.39, 0.29) is 4.48 Å². The third-order valence-electron chi connectivity index (χ3n) is 6.41. The fraction of sp³-hybridized carbons (Fsp3) is 0. The normalized spacial score (nSPS) is 13.6. The molecule has 0 aliphatic heterocycles. The molecule has 0 atom stereocenters. The topological polar surface area (TPSA) is 34.1 Å². The Bertz CT molecular complexity index is 1810. The lowest BCUT2D eigenvalue weighted by molar-refractivity contribution is -0.111. The summed E-state index contributed by atoms with van der Waals surface area (Å²) >= 11 is 7.04. The minimum Gasteiger partial charge on any atom is -0.285 e. The zero-order chi connectivity index (χ0) is 23.4. The van der Waals surface area contributed by atoms with E-state index in [0.29, 0.717) is 15.6 Å². The minimum absolute atomic E-state index is 0.245. The molecule has 0 heterocycles. The molecule has 0 spiro atoms. The number of fused-ring (bicyclic) bond motifs is 10. The van der Waals surface area contributed by atoms with Crippen molar-refractivity contribution in [3.63, 3.8) is 0 Å². The summed E-state index contributed by atoms with van der Waals surface area (Å²) in [7, 11) is 0. The Morgan fingerprint density at radius 1 is 0.353 bits per heavy atom. The van der Waals surface area contributed by atoms with E-state index in [4.69, 9.17) is 0 Å². The third-order valence-corrected chi connectivity index (χ3v) is 8.49. The number of Topliss-reactive ketones (excluding diaryl/α,β-unsaturated/α-hetero) is 2. The molecular weight excluding hydrogens is 552 g/mol. The first-order valence-electron chi connectivity index (χ1n) is 10.8. The van der Waals surface area contributed by atoms with Crippen molar-refractivity contribution in [3.05, 3.63) is 113 Å². The molecule has 0 N–H and O–H groups in total. The van der Waals surface area contributed by atoms with Gasteiger partial charge in [-0.05, 0) is 74.9 Å². The molecule has 0 saturated carbocycles. The van der Waals surface area contributed by atoms with Crippen molar-refractivity contribution >= 4 is 91.0 Å². The molecule has 0 unspecified atom stereocenters. The van der Waals surface area contributed by atoms with Gasteiger partial charge < -0.3 is 0 Å². The Kier molecular flexibility index (Phi) is 5.09. The molecule has 162 valence electrons. The van der Waals surface area contributed by atoms with E-state index >= 15 is 0 Å². The van der Waals surface area contributed by atoms with Crippen LogP contribution >= 0.6 is 31.9 Å². The summed E-state index contributed by atoms with van der Waals surface area (Å²) in [5.41, 5.74) is 1.13. The van der Waals surface area contributed by atoms with Crippen molar-refractivity contribution < 1.29 is 9.59 Å². The van der Waals surface area contributed by atoms with Gasteiger partial charge in [0.2, 0.25) is 11.6 Å². The number of carbonyl (C=O) groups is 2. The third kappa shape index (κ3) is 3.06. The highest BCUT2D eigenvalue weighted by atomic mass is 79.9. The highest BCUT2D eigenvalue weighted by molar-refractivity contribution is 9.16. The van der Waals surface area contributed by atoms with Crippen LogP contribution in [0.2, 0.25) is 0 Å². The van der Waals surface area contributed by atoms with Crippen molar-refractivity contribution in [1.29, 1.82) is 0 Å². The molecule has 0 aromatic heterocycles. The molecule has 5 aromatic carbocycles. The van der Waals surface area contributed by atoms with Crippen LogP contribution in [0.3, 0.4) is 0 Å².